The zero-order valence-electron chi connectivity index (χ0n) is 21.8. The summed E-state index contributed by atoms with van der Waals surface area (Å²) >= 11 is 6.24. The van der Waals surface area contributed by atoms with Gasteiger partial charge in [0.05, 0.1) is 20.3 Å². The number of rotatable bonds is 7. The minimum absolute atomic E-state index is 0.0724. The molecule has 1 spiro atoms. The van der Waals surface area contributed by atoms with Gasteiger partial charge < -0.3 is 24.6 Å². The zero-order chi connectivity index (χ0) is 26.0. The molecule has 3 aliphatic rings. The molecule has 2 aromatic carbocycles. The number of hydrogen-bond donors (Lipinski definition) is 2. The van der Waals surface area contributed by atoms with Gasteiger partial charge in [0.25, 0.3) is 0 Å². The molecule has 2 fully saturated rings. The number of benzene rings is 2. The Morgan fingerprint density at radius 3 is 2.59 bits per heavy atom. The predicted octanol–water partition coefficient (Wildman–Crippen LogP) is 5.80. The van der Waals surface area contributed by atoms with E-state index in [-0.39, 0.29) is 30.2 Å². The first kappa shape index (κ1) is 26.5. The molecule has 0 bridgehead atoms. The molecule has 0 aromatic heterocycles. The minimum Gasteiger partial charge on any atom is -0.467 e. The van der Waals surface area contributed by atoms with Crippen molar-refractivity contribution in [2.75, 3.05) is 32.2 Å². The summed E-state index contributed by atoms with van der Waals surface area (Å²) < 4.78 is 17.2. The van der Waals surface area contributed by atoms with Gasteiger partial charge in [-0.05, 0) is 97.6 Å². The molecule has 2 aliphatic carbocycles. The number of esters is 1. The SMILES string of the molecule is COC(=O)C1(Nc2cccc(Cl)c2)CCC2(CC1)c1cc(C3OCCCO3)ccc1C[C@@H]2C[C@@H](C)CO. The van der Waals surface area contributed by atoms with E-state index in [1.54, 1.807) is 0 Å². The number of carbonyl (C=O) groups excluding carboxylic acids is 1. The van der Waals surface area contributed by atoms with E-state index in [2.05, 4.69) is 30.4 Å². The van der Waals surface area contributed by atoms with Crippen molar-refractivity contribution in [3.05, 3.63) is 64.2 Å². The molecule has 6 nitrogen and oxygen atoms in total. The number of aliphatic hydroxyl groups excluding tert-OH is 1. The minimum atomic E-state index is -0.812. The Bertz CT molecular complexity index is 1110. The van der Waals surface area contributed by atoms with E-state index in [0.29, 0.717) is 37.0 Å². The van der Waals surface area contributed by atoms with E-state index in [9.17, 15) is 9.90 Å². The van der Waals surface area contributed by atoms with Crippen molar-refractivity contribution in [2.24, 2.45) is 11.8 Å². The van der Waals surface area contributed by atoms with Crippen LogP contribution in [0.1, 0.15) is 68.4 Å². The highest BCUT2D eigenvalue weighted by Gasteiger charge is 2.54. The molecule has 1 aliphatic heterocycles. The number of aliphatic hydroxyl groups is 1. The van der Waals surface area contributed by atoms with Crippen LogP contribution in [0.4, 0.5) is 5.69 Å². The van der Waals surface area contributed by atoms with Gasteiger partial charge in [-0.1, -0.05) is 36.7 Å². The average molecular weight is 528 g/mol. The lowest BCUT2D eigenvalue weighted by Gasteiger charge is -2.48. The van der Waals surface area contributed by atoms with E-state index < -0.39 is 5.54 Å². The number of halogens is 1. The van der Waals surface area contributed by atoms with Crippen molar-refractivity contribution >= 4 is 23.3 Å². The molecule has 2 atom stereocenters. The van der Waals surface area contributed by atoms with Crippen molar-refractivity contribution < 1.29 is 24.1 Å². The van der Waals surface area contributed by atoms with Crippen molar-refractivity contribution in [1.82, 2.24) is 0 Å². The Morgan fingerprint density at radius 2 is 1.92 bits per heavy atom. The normalized spacial score (nSPS) is 28.6. The molecule has 2 N–H and O–H groups in total. The van der Waals surface area contributed by atoms with Crippen LogP contribution in [0.3, 0.4) is 0 Å². The summed E-state index contributed by atoms with van der Waals surface area (Å²) in [5.74, 6) is 0.381. The number of anilines is 1. The number of hydrogen-bond acceptors (Lipinski definition) is 6. The average Bonchev–Trinajstić information content (AvgIpc) is 3.21. The van der Waals surface area contributed by atoms with Gasteiger partial charge in [-0.3, -0.25) is 0 Å². The first-order valence-corrected chi connectivity index (χ1v) is 13.9. The molecular weight excluding hydrogens is 490 g/mol. The summed E-state index contributed by atoms with van der Waals surface area (Å²) in [6.45, 7) is 3.72. The van der Waals surface area contributed by atoms with Crippen molar-refractivity contribution in [3.63, 3.8) is 0 Å². The maximum Gasteiger partial charge on any atom is 0.331 e. The van der Waals surface area contributed by atoms with Crippen molar-refractivity contribution in [3.8, 4) is 0 Å². The predicted molar refractivity (Wildman–Crippen MR) is 144 cm³/mol. The highest BCUT2D eigenvalue weighted by atomic mass is 35.5. The van der Waals surface area contributed by atoms with Crippen LogP contribution >= 0.6 is 11.6 Å². The van der Waals surface area contributed by atoms with Gasteiger partial charge in [0.2, 0.25) is 0 Å². The van der Waals surface area contributed by atoms with Gasteiger partial charge in [-0.15, -0.1) is 0 Å². The smallest absolute Gasteiger partial charge is 0.331 e. The largest absolute Gasteiger partial charge is 0.467 e. The Morgan fingerprint density at radius 1 is 1.16 bits per heavy atom. The molecule has 0 unspecified atom stereocenters. The van der Waals surface area contributed by atoms with E-state index in [1.165, 1.54) is 18.2 Å². The lowest BCUT2D eigenvalue weighted by atomic mass is 9.59. The third-order valence-corrected chi connectivity index (χ3v) is 9.03. The maximum absolute atomic E-state index is 13.2. The Hall–Kier alpha value is -2.12. The molecular formula is C30H38ClNO5. The molecule has 1 heterocycles. The maximum atomic E-state index is 13.2. The molecule has 200 valence electrons. The molecule has 5 rings (SSSR count). The quantitative estimate of drug-likeness (QED) is 0.443. The highest BCUT2D eigenvalue weighted by Crippen LogP contribution is 2.56. The molecule has 0 amide bonds. The topological polar surface area (TPSA) is 77.0 Å². The van der Waals surface area contributed by atoms with Crippen molar-refractivity contribution in [2.45, 2.75) is 69.1 Å². The second-order valence-corrected chi connectivity index (χ2v) is 11.6. The number of methoxy groups -OCH3 is 1. The lowest BCUT2D eigenvalue weighted by molar-refractivity contribution is -0.183. The molecule has 37 heavy (non-hydrogen) atoms. The third-order valence-electron chi connectivity index (χ3n) is 8.80. The number of ether oxygens (including phenoxy) is 3. The zero-order valence-corrected chi connectivity index (χ0v) is 22.6. The van der Waals surface area contributed by atoms with Crippen LogP contribution < -0.4 is 5.32 Å². The molecule has 1 saturated heterocycles. The van der Waals surface area contributed by atoms with Gasteiger partial charge in [-0.25, -0.2) is 4.79 Å². The second kappa shape index (κ2) is 10.9. The first-order valence-electron chi connectivity index (χ1n) is 13.5. The van der Waals surface area contributed by atoms with Crippen LogP contribution in [0.25, 0.3) is 0 Å². The fraction of sp³-hybridized carbons (Fsp3) is 0.567. The van der Waals surface area contributed by atoms with Crippen molar-refractivity contribution in [1.29, 1.82) is 0 Å². The van der Waals surface area contributed by atoms with Crippen LogP contribution in [0.5, 0.6) is 0 Å². The van der Waals surface area contributed by atoms with Gasteiger partial charge in [0.1, 0.15) is 5.54 Å². The van der Waals surface area contributed by atoms with Crippen LogP contribution in [-0.4, -0.2) is 43.5 Å². The van der Waals surface area contributed by atoms with Gasteiger partial charge >= 0.3 is 5.97 Å². The van der Waals surface area contributed by atoms with Gasteiger partial charge in [0.15, 0.2) is 6.29 Å². The second-order valence-electron chi connectivity index (χ2n) is 11.1. The lowest BCUT2D eigenvalue weighted by Crippen LogP contribution is -2.53. The first-order chi connectivity index (χ1) is 17.9. The van der Waals surface area contributed by atoms with Crippen LogP contribution in [0.2, 0.25) is 5.02 Å². The van der Waals surface area contributed by atoms with Gasteiger partial charge in [0, 0.05) is 22.9 Å². The molecule has 0 radical (unpaired) electrons. The fourth-order valence-corrected chi connectivity index (χ4v) is 7.02. The van der Waals surface area contributed by atoms with E-state index in [4.69, 9.17) is 25.8 Å². The monoisotopic (exact) mass is 527 g/mol. The summed E-state index contributed by atoms with van der Waals surface area (Å²) in [6, 6.07) is 14.2. The summed E-state index contributed by atoms with van der Waals surface area (Å²) in [6.07, 6.45) is 5.52. The van der Waals surface area contributed by atoms with Crippen LogP contribution in [-0.2, 0) is 30.8 Å². The highest BCUT2D eigenvalue weighted by molar-refractivity contribution is 6.30. The number of carbonyl (C=O) groups is 1. The molecule has 1 saturated carbocycles. The number of nitrogens with one attached hydrogen (secondary N) is 1. The fourth-order valence-electron chi connectivity index (χ4n) is 6.83. The number of fused-ring (bicyclic) bond motifs is 2. The summed E-state index contributed by atoms with van der Waals surface area (Å²) in [7, 11) is 1.46. The standard InChI is InChI=1S/C30H38ClNO5/c1-20(19-33)15-23-16-21-7-8-22(27-36-13-4-14-37-27)17-26(21)29(23)9-11-30(12-10-29,28(34)35-2)32-25-6-3-5-24(31)18-25/h3,5-8,17-18,20,23,27,32-33H,4,9-16,19H2,1-2H3/t20-,23+,29?,30?/m1/s1. The Balaban J connectivity index is 1.48. The Kier molecular flexibility index (Phi) is 7.83. The van der Waals surface area contributed by atoms with E-state index in [1.807, 2.05) is 24.3 Å². The third kappa shape index (κ3) is 5.14. The van der Waals surface area contributed by atoms with Gasteiger partial charge in [-0.2, -0.15) is 0 Å². The summed E-state index contributed by atoms with van der Waals surface area (Å²) in [4.78, 5) is 13.2. The molecule has 7 heteroatoms. The van der Waals surface area contributed by atoms with Crippen LogP contribution in [0, 0.1) is 11.8 Å². The summed E-state index contributed by atoms with van der Waals surface area (Å²) in [5, 5.41) is 14.0. The molecule has 2 aromatic rings. The van der Waals surface area contributed by atoms with E-state index >= 15 is 0 Å². The van der Waals surface area contributed by atoms with Crippen LogP contribution in [0.15, 0.2) is 42.5 Å². The summed E-state index contributed by atoms with van der Waals surface area (Å²) in [5.41, 5.74) is 3.72. The Labute approximate surface area is 224 Å². The van der Waals surface area contributed by atoms with E-state index in [0.717, 1.165) is 43.4 Å².